The molecule has 0 amide bonds. The first-order chi connectivity index (χ1) is 8.29. The van der Waals surface area contributed by atoms with Crippen molar-refractivity contribution in [2.45, 2.75) is 44.4 Å². The van der Waals surface area contributed by atoms with Crippen LogP contribution < -0.4 is 5.32 Å². The smallest absolute Gasteiger partial charge is 0.127 e. The Kier molecular flexibility index (Phi) is 4.51. The fourth-order valence-corrected chi connectivity index (χ4v) is 2.40. The lowest BCUT2D eigenvalue weighted by Gasteiger charge is -2.28. The van der Waals surface area contributed by atoms with Crippen LogP contribution in [0.1, 0.15) is 31.2 Å². The van der Waals surface area contributed by atoms with Crippen molar-refractivity contribution in [1.29, 1.82) is 0 Å². The molecule has 17 heavy (non-hydrogen) atoms. The van der Waals surface area contributed by atoms with E-state index in [9.17, 15) is 4.39 Å². The molecule has 2 nitrogen and oxygen atoms in total. The van der Waals surface area contributed by atoms with Gasteiger partial charge in [0.05, 0.1) is 6.10 Å². The maximum Gasteiger partial charge on any atom is 0.127 e. The minimum Gasteiger partial charge on any atom is -0.381 e. The Bertz CT molecular complexity index is 348. The zero-order valence-electron chi connectivity index (χ0n) is 10.3. The van der Waals surface area contributed by atoms with Crippen molar-refractivity contribution in [1.82, 2.24) is 5.32 Å². The summed E-state index contributed by atoms with van der Waals surface area (Å²) < 4.78 is 18.7. The average molecular weight is 237 g/mol. The van der Waals surface area contributed by atoms with Gasteiger partial charge in [-0.25, -0.2) is 4.39 Å². The van der Waals surface area contributed by atoms with Crippen molar-refractivity contribution >= 4 is 0 Å². The normalized spacial score (nSPS) is 24.8. The number of hydrogen-bond donors (Lipinski definition) is 1. The summed E-state index contributed by atoms with van der Waals surface area (Å²) in [5, 5.41) is 3.43. The van der Waals surface area contributed by atoms with Crippen LogP contribution in [0.15, 0.2) is 24.3 Å². The number of benzene rings is 1. The molecule has 1 fully saturated rings. The summed E-state index contributed by atoms with van der Waals surface area (Å²) in [6, 6.07) is 7.45. The highest BCUT2D eigenvalue weighted by Gasteiger charge is 2.20. The zero-order chi connectivity index (χ0) is 12.1. The second-order valence-corrected chi connectivity index (χ2v) is 4.68. The molecule has 94 valence electrons. The summed E-state index contributed by atoms with van der Waals surface area (Å²) in [5.41, 5.74) is 0.751. The van der Waals surface area contributed by atoms with Crippen LogP contribution in [0.5, 0.6) is 0 Å². The number of ether oxygens (including phenoxy) is 1. The third kappa shape index (κ3) is 3.51. The van der Waals surface area contributed by atoms with Gasteiger partial charge >= 0.3 is 0 Å². The monoisotopic (exact) mass is 237 g/mol. The molecule has 0 radical (unpaired) electrons. The Morgan fingerprint density at radius 3 is 2.59 bits per heavy atom. The van der Waals surface area contributed by atoms with E-state index in [1.54, 1.807) is 13.2 Å². The van der Waals surface area contributed by atoms with Gasteiger partial charge < -0.3 is 10.1 Å². The molecule has 3 heteroatoms. The second-order valence-electron chi connectivity index (χ2n) is 4.68. The molecule has 1 aliphatic carbocycles. The van der Waals surface area contributed by atoms with E-state index in [0.29, 0.717) is 18.7 Å². The van der Waals surface area contributed by atoms with E-state index in [-0.39, 0.29) is 5.82 Å². The fourth-order valence-electron chi connectivity index (χ4n) is 2.40. The summed E-state index contributed by atoms with van der Waals surface area (Å²) in [7, 11) is 1.78. The fraction of sp³-hybridized carbons (Fsp3) is 0.571. The van der Waals surface area contributed by atoms with E-state index in [1.807, 2.05) is 12.1 Å². The zero-order valence-corrected chi connectivity index (χ0v) is 10.3. The van der Waals surface area contributed by atoms with Gasteiger partial charge in [0, 0.05) is 25.3 Å². The number of methoxy groups -OCH3 is 1. The molecular weight excluding hydrogens is 217 g/mol. The third-order valence-electron chi connectivity index (χ3n) is 3.55. The average Bonchev–Trinajstić information content (AvgIpc) is 2.38. The Labute approximate surface area is 102 Å². The molecule has 0 saturated heterocycles. The standard InChI is InChI=1S/C14H20FNO/c1-17-13-8-6-12(7-9-13)16-10-11-4-2-3-5-14(11)15/h2-5,12-13,16H,6-10H2,1H3. The predicted octanol–water partition coefficient (Wildman–Crippen LogP) is 2.87. The van der Waals surface area contributed by atoms with Gasteiger partial charge in [-0.1, -0.05) is 18.2 Å². The first kappa shape index (κ1) is 12.5. The number of hydrogen-bond acceptors (Lipinski definition) is 2. The van der Waals surface area contributed by atoms with E-state index in [0.717, 1.165) is 31.2 Å². The van der Waals surface area contributed by atoms with Crippen LogP contribution in [0.25, 0.3) is 0 Å². The molecule has 0 unspecified atom stereocenters. The van der Waals surface area contributed by atoms with Crippen LogP contribution in [0.3, 0.4) is 0 Å². The molecule has 1 aromatic carbocycles. The van der Waals surface area contributed by atoms with Crippen LogP contribution in [0, 0.1) is 5.82 Å². The molecule has 0 atom stereocenters. The summed E-state index contributed by atoms with van der Waals surface area (Å²) in [4.78, 5) is 0. The maximum atomic E-state index is 13.4. The number of halogens is 1. The quantitative estimate of drug-likeness (QED) is 0.869. The highest BCUT2D eigenvalue weighted by molar-refractivity contribution is 5.17. The van der Waals surface area contributed by atoms with E-state index >= 15 is 0 Å². The minimum atomic E-state index is -0.120. The Balaban J connectivity index is 1.78. The highest BCUT2D eigenvalue weighted by Crippen LogP contribution is 2.21. The Morgan fingerprint density at radius 1 is 1.24 bits per heavy atom. The van der Waals surface area contributed by atoms with E-state index in [1.165, 1.54) is 6.07 Å². The van der Waals surface area contributed by atoms with Crippen molar-refractivity contribution in [3.63, 3.8) is 0 Å². The molecule has 0 heterocycles. The molecule has 1 aliphatic rings. The molecule has 0 aliphatic heterocycles. The van der Waals surface area contributed by atoms with Crippen molar-refractivity contribution in [3.8, 4) is 0 Å². The van der Waals surface area contributed by atoms with Gasteiger partial charge in [-0.15, -0.1) is 0 Å². The van der Waals surface area contributed by atoms with Crippen molar-refractivity contribution < 1.29 is 9.13 Å². The molecule has 2 rings (SSSR count). The van der Waals surface area contributed by atoms with Crippen molar-refractivity contribution in [2.24, 2.45) is 0 Å². The van der Waals surface area contributed by atoms with Gasteiger partial charge in [-0.2, -0.15) is 0 Å². The van der Waals surface area contributed by atoms with E-state index in [4.69, 9.17) is 4.74 Å². The topological polar surface area (TPSA) is 21.3 Å². The number of nitrogens with one attached hydrogen (secondary N) is 1. The molecule has 0 spiro atoms. The largest absolute Gasteiger partial charge is 0.381 e. The van der Waals surface area contributed by atoms with Crippen LogP contribution in [0.4, 0.5) is 4.39 Å². The first-order valence-electron chi connectivity index (χ1n) is 6.29. The Hall–Kier alpha value is -0.930. The second kappa shape index (κ2) is 6.12. The molecule has 1 N–H and O–H groups in total. The lowest BCUT2D eigenvalue weighted by atomic mass is 9.93. The predicted molar refractivity (Wildman–Crippen MR) is 66.3 cm³/mol. The molecule has 0 bridgehead atoms. The van der Waals surface area contributed by atoms with Crippen LogP contribution in [-0.4, -0.2) is 19.3 Å². The highest BCUT2D eigenvalue weighted by atomic mass is 19.1. The van der Waals surface area contributed by atoms with Gasteiger partial charge in [0.25, 0.3) is 0 Å². The number of rotatable bonds is 4. The maximum absolute atomic E-state index is 13.4. The van der Waals surface area contributed by atoms with Gasteiger partial charge in [0.15, 0.2) is 0 Å². The van der Waals surface area contributed by atoms with Crippen molar-refractivity contribution in [3.05, 3.63) is 35.6 Å². The lowest BCUT2D eigenvalue weighted by Crippen LogP contribution is -2.34. The summed E-state index contributed by atoms with van der Waals surface area (Å²) >= 11 is 0. The summed E-state index contributed by atoms with van der Waals surface area (Å²) in [6.07, 6.45) is 4.86. The van der Waals surface area contributed by atoms with Crippen LogP contribution in [-0.2, 0) is 11.3 Å². The lowest BCUT2D eigenvalue weighted by molar-refractivity contribution is 0.0623. The first-order valence-corrected chi connectivity index (χ1v) is 6.29. The van der Waals surface area contributed by atoms with Gasteiger partial charge in [-0.3, -0.25) is 0 Å². The van der Waals surface area contributed by atoms with E-state index < -0.39 is 0 Å². The summed E-state index contributed by atoms with van der Waals surface area (Å²) in [5.74, 6) is -0.120. The van der Waals surface area contributed by atoms with Crippen molar-refractivity contribution in [2.75, 3.05) is 7.11 Å². The van der Waals surface area contributed by atoms with Gasteiger partial charge in [0.1, 0.15) is 5.82 Å². The van der Waals surface area contributed by atoms with Gasteiger partial charge in [-0.05, 0) is 31.7 Å². The SMILES string of the molecule is COC1CCC(NCc2ccccc2F)CC1. The molecule has 0 aromatic heterocycles. The minimum absolute atomic E-state index is 0.120. The Morgan fingerprint density at radius 2 is 1.94 bits per heavy atom. The van der Waals surface area contributed by atoms with Crippen LogP contribution in [0.2, 0.25) is 0 Å². The molecule has 1 saturated carbocycles. The molecular formula is C14H20FNO. The third-order valence-corrected chi connectivity index (χ3v) is 3.55. The van der Waals surface area contributed by atoms with E-state index in [2.05, 4.69) is 5.32 Å². The van der Waals surface area contributed by atoms with Gasteiger partial charge in [0.2, 0.25) is 0 Å². The van der Waals surface area contributed by atoms with Crippen LogP contribution >= 0.6 is 0 Å². The summed E-state index contributed by atoms with van der Waals surface area (Å²) in [6.45, 7) is 0.620. The molecule has 1 aromatic rings.